The van der Waals surface area contributed by atoms with Crippen molar-refractivity contribution in [1.82, 2.24) is 19.9 Å². The largest absolute Gasteiger partial charge is 0.461 e. The number of nitrogens with zero attached hydrogens (tertiary/aromatic N) is 4. The van der Waals surface area contributed by atoms with E-state index in [1.54, 1.807) is 38.1 Å². The van der Waals surface area contributed by atoms with E-state index >= 15 is 0 Å². The van der Waals surface area contributed by atoms with Gasteiger partial charge < -0.3 is 30.6 Å². The molecule has 1 amide bonds. The smallest absolute Gasteiger partial charge is 0.269 e. The molecule has 0 fully saturated rings. The third-order valence-corrected chi connectivity index (χ3v) is 4.82. The minimum Gasteiger partial charge on any atom is -0.461 e. The van der Waals surface area contributed by atoms with Crippen molar-refractivity contribution >= 4 is 41.0 Å². The summed E-state index contributed by atoms with van der Waals surface area (Å²) in [6.45, 7) is 3.00. The summed E-state index contributed by atoms with van der Waals surface area (Å²) in [7, 11) is 0. The van der Waals surface area contributed by atoms with Crippen LogP contribution in [-0.4, -0.2) is 62.6 Å². The van der Waals surface area contributed by atoms with Crippen LogP contribution in [0.2, 0.25) is 5.02 Å². The first kappa shape index (κ1) is 25.0. The van der Waals surface area contributed by atoms with Gasteiger partial charge in [-0.05, 0) is 26.0 Å². The SMILES string of the molecule is Cc1cnc(NC(=O)C(COC(C)CO)Oc2ncnc(Nc3ccccc3Cl)c2C=N)cn1. The number of para-hydroxylation sites is 1. The lowest BCUT2D eigenvalue weighted by atomic mass is 10.2. The van der Waals surface area contributed by atoms with Crippen LogP contribution in [0.3, 0.4) is 0 Å². The Morgan fingerprint density at radius 2 is 2.03 bits per heavy atom. The molecule has 2 atom stereocenters. The molecule has 0 saturated heterocycles. The number of hydrogen-bond donors (Lipinski definition) is 4. The van der Waals surface area contributed by atoms with Crippen molar-refractivity contribution in [2.75, 3.05) is 23.8 Å². The maximum Gasteiger partial charge on any atom is 0.269 e. The molecule has 2 aromatic heterocycles. The third kappa shape index (κ3) is 6.67. The fraction of sp³-hybridized carbons (Fsp3) is 0.273. The van der Waals surface area contributed by atoms with Crippen LogP contribution >= 0.6 is 11.6 Å². The van der Waals surface area contributed by atoms with Gasteiger partial charge in [-0.25, -0.2) is 15.0 Å². The topological polar surface area (TPSA) is 155 Å². The Morgan fingerprint density at radius 3 is 2.71 bits per heavy atom. The number of carbonyl (C=O) groups is 1. The fourth-order valence-corrected chi connectivity index (χ4v) is 2.84. The highest BCUT2D eigenvalue weighted by atomic mass is 35.5. The number of aryl methyl sites for hydroxylation is 1. The minimum atomic E-state index is -1.18. The molecule has 4 N–H and O–H groups in total. The monoisotopic (exact) mass is 485 g/mol. The Hall–Kier alpha value is -3.67. The predicted molar refractivity (Wildman–Crippen MR) is 127 cm³/mol. The number of aromatic nitrogens is 4. The minimum absolute atomic E-state index is 0.0186. The van der Waals surface area contributed by atoms with Crippen molar-refractivity contribution in [2.45, 2.75) is 26.1 Å². The molecular weight excluding hydrogens is 462 g/mol. The van der Waals surface area contributed by atoms with Crippen LogP contribution in [0.4, 0.5) is 17.3 Å². The molecule has 0 bridgehead atoms. The quantitative estimate of drug-likeness (QED) is 0.300. The van der Waals surface area contributed by atoms with Crippen molar-refractivity contribution in [3.8, 4) is 5.88 Å². The van der Waals surface area contributed by atoms with Crippen molar-refractivity contribution in [2.24, 2.45) is 0 Å². The Balaban J connectivity index is 1.85. The molecule has 2 heterocycles. The Bertz CT molecular complexity index is 1130. The van der Waals surface area contributed by atoms with Gasteiger partial charge in [-0.2, -0.15) is 0 Å². The van der Waals surface area contributed by atoms with Gasteiger partial charge in [-0.15, -0.1) is 0 Å². The molecule has 3 rings (SSSR count). The normalized spacial score (nSPS) is 12.5. The van der Waals surface area contributed by atoms with E-state index in [9.17, 15) is 9.90 Å². The number of amides is 1. The van der Waals surface area contributed by atoms with E-state index in [1.807, 2.05) is 0 Å². The second-order valence-electron chi connectivity index (χ2n) is 7.16. The van der Waals surface area contributed by atoms with Crippen LogP contribution in [0, 0.1) is 12.3 Å². The van der Waals surface area contributed by atoms with Gasteiger partial charge in [0.1, 0.15) is 12.1 Å². The lowest BCUT2D eigenvalue weighted by Gasteiger charge is -2.21. The molecule has 0 aliphatic rings. The highest BCUT2D eigenvalue weighted by molar-refractivity contribution is 6.33. The molecule has 0 saturated carbocycles. The molecule has 2 unspecified atom stereocenters. The van der Waals surface area contributed by atoms with E-state index in [2.05, 4.69) is 30.6 Å². The standard InChI is InChI=1S/C22H24ClN7O4/c1-13-8-26-19(9-25-13)30-21(32)18(11-33-14(2)10-31)34-22-15(7-24)20(27-12-28-22)29-17-6-4-3-5-16(17)23/h3-9,12,14,18,24,31H,10-11H2,1-2H3,(H,26,30,32)(H,27,28,29). The van der Waals surface area contributed by atoms with Crippen LogP contribution < -0.4 is 15.4 Å². The highest BCUT2D eigenvalue weighted by Crippen LogP contribution is 2.28. The van der Waals surface area contributed by atoms with E-state index in [-0.39, 0.29) is 36.3 Å². The number of ether oxygens (including phenoxy) is 2. The van der Waals surface area contributed by atoms with E-state index < -0.39 is 18.1 Å². The van der Waals surface area contributed by atoms with E-state index in [4.69, 9.17) is 26.5 Å². The summed E-state index contributed by atoms with van der Waals surface area (Å²) in [6, 6.07) is 7.04. The summed E-state index contributed by atoms with van der Waals surface area (Å²) in [6.07, 6.45) is 3.47. The van der Waals surface area contributed by atoms with Crippen LogP contribution in [0.1, 0.15) is 18.2 Å². The molecule has 0 aliphatic carbocycles. The maximum atomic E-state index is 12.9. The van der Waals surface area contributed by atoms with Gasteiger partial charge in [0.2, 0.25) is 12.0 Å². The molecule has 34 heavy (non-hydrogen) atoms. The molecule has 0 aliphatic heterocycles. The zero-order valence-corrected chi connectivity index (χ0v) is 19.3. The molecule has 0 radical (unpaired) electrons. The number of halogens is 1. The summed E-state index contributed by atoms with van der Waals surface area (Å²) in [5.74, 6) is -0.0925. The Labute approximate surface area is 201 Å². The molecule has 12 heteroatoms. The average Bonchev–Trinajstić information content (AvgIpc) is 2.84. The number of benzene rings is 1. The Kier molecular flexibility index (Phi) is 8.79. The van der Waals surface area contributed by atoms with E-state index in [0.717, 1.165) is 6.21 Å². The van der Waals surface area contributed by atoms with Gasteiger partial charge in [0.25, 0.3) is 5.91 Å². The third-order valence-electron chi connectivity index (χ3n) is 4.49. The number of aliphatic hydroxyl groups is 1. The van der Waals surface area contributed by atoms with Crippen molar-refractivity contribution in [1.29, 1.82) is 5.41 Å². The number of aliphatic hydroxyl groups excluding tert-OH is 1. The van der Waals surface area contributed by atoms with Gasteiger partial charge in [-0.1, -0.05) is 23.7 Å². The van der Waals surface area contributed by atoms with Crippen LogP contribution in [0.25, 0.3) is 0 Å². The summed E-state index contributed by atoms with van der Waals surface area (Å²) in [4.78, 5) is 29.4. The first-order valence-electron chi connectivity index (χ1n) is 10.3. The summed E-state index contributed by atoms with van der Waals surface area (Å²) in [5.41, 5.74) is 1.47. The second-order valence-corrected chi connectivity index (χ2v) is 7.56. The molecule has 1 aromatic carbocycles. The van der Waals surface area contributed by atoms with E-state index in [0.29, 0.717) is 16.4 Å². The number of carbonyl (C=O) groups excluding carboxylic acids is 1. The molecule has 178 valence electrons. The first-order valence-corrected chi connectivity index (χ1v) is 10.6. The highest BCUT2D eigenvalue weighted by Gasteiger charge is 2.25. The number of nitrogens with one attached hydrogen (secondary N) is 3. The number of anilines is 3. The van der Waals surface area contributed by atoms with Crippen LogP contribution in [0.15, 0.2) is 43.0 Å². The second kappa shape index (κ2) is 12.0. The molecule has 0 spiro atoms. The van der Waals surface area contributed by atoms with Gasteiger partial charge in [0.15, 0.2) is 5.82 Å². The number of rotatable bonds is 11. The molecule has 11 nitrogen and oxygen atoms in total. The van der Waals surface area contributed by atoms with Gasteiger partial charge in [0, 0.05) is 6.21 Å². The average molecular weight is 486 g/mol. The number of hydrogen-bond acceptors (Lipinski definition) is 10. The summed E-state index contributed by atoms with van der Waals surface area (Å²) >= 11 is 6.21. The maximum absolute atomic E-state index is 12.9. The van der Waals surface area contributed by atoms with E-state index in [1.165, 1.54) is 18.7 Å². The predicted octanol–water partition coefficient (Wildman–Crippen LogP) is 2.75. The van der Waals surface area contributed by atoms with Gasteiger partial charge in [0.05, 0.1) is 53.7 Å². The zero-order valence-electron chi connectivity index (χ0n) is 18.5. The lowest BCUT2D eigenvalue weighted by molar-refractivity contribution is -0.127. The molecular formula is C22H24ClN7O4. The van der Waals surface area contributed by atoms with Gasteiger partial charge >= 0.3 is 0 Å². The Morgan fingerprint density at radius 1 is 1.24 bits per heavy atom. The van der Waals surface area contributed by atoms with Crippen molar-refractivity contribution in [3.63, 3.8) is 0 Å². The fourth-order valence-electron chi connectivity index (χ4n) is 2.66. The zero-order chi connectivity index (χ0) is 24.5. The molecule has 3 aromatic rings. The lowest BCUT2D eigenvalue weighted by Crippen LogP contribution is -2.39. The summed E-state index contributed by atoms with van der Waals surface area (Å²) < 4.78 is 11.4. The van der Waals surface area contributed by atoms with Crippen molar-refractivity contribution in [3.05, 3.63) is 59.3 Å². The first-order chi connectivity index (χ1) is 16.4. The van der Waals surface area contributed by atoms with Crippen molar-refractivity contribution < 1.29 is 19.4 Å². The van der Waals surface area contributed by atoms with Gasteiger partial charge in [-0.3, -0.25) is 9.78 Å². The van der Waals surface area contributed by atoms with Crippen LogP contribution in [0.5, 0.6) is 5.88 Å². The van der Waals surface area contributed by atoms with Crippen LogP contribution in [-0.2, 0) is 9.53 Å². The summed E-state index contributed by atoms with van der Waals surface area (Å²) in [5, 5.41) is 23.2.